The Morgan fingerprint density at radius 2 is 1.72 bits per heavy atom. The summed E-state index contributed by atoms with van der Waals surface area (Å²) < 4.78 is 0. The van der Waals surface area contributed by atoms with Gasteiger partial charge in [-0.15, -0.1) is 0 Å². The highest BCUT2D eigenvalue weighted by Gasteiger charge is 2.51. The van der Waals surface area contributed by atoms with Gasteiger partial charge in [0.2, 0.25) is 5.91 Å². The molecule has 2 aromatic rings. The predicted molar refractivity (Wildman–Crippen MR) is 112 cm³/mol. The van der Waals surface area contributed by atoms with Gasteiger partial charge in [-0.1, -0.05) is 69.3 Å². The number of benzene rings is 2. The maximum Gasteiger partial charge on any atom is 0.325 e. The smallest absolute Gasteiger partial charge is 0.324 e. The van der Waals surface area contributed by atoms with Gasteiger partial charge in [0.05, 0.1) is 0 Å². The molecule has 0 bridgehead atoms. The van der Waals surface area contributed by atoms with E-state index in [1.54, 1.807) is 0 Å². The second-order valence-electron chi connectivity index (χ2n) is 7.39. The molecule has 3 rings (SSSR count). The van der Waals surface area contributed by atoms with Crippen LogP contribution >= 0.6 is 0 Å². The molecule has 29 heavy (non-hydrogen) atoms. The maximum atomic E-state index is 13.1. The molecule has 1 fully saturated rings. The number of urea groups is 1. The molecule has 2 aromatic carbocycles. The first-order valence-electron chi connectivity index (χ1n) is 10.0. The van der Waals surface area contributed by atoms with E-state index in [-0.39, 0.29) is 12.5 Å². The van der Waals surface area contributed by atoms with E-state index in [2.05, 4.69) is 24.5 Å². The average molecular weight is 393 g/mol. The molecule has 0 spiro atoms. The normalized spacial score (nSPS) is 19.8. The molecule has 1 aliphatic rings. The fourth-order valence-electron chi connectivity index (χ4n) is 3.73. The zero-order valence-electron chi connectivity index (χ0n) is 17.1. The molecule has 0 radical (unpaired) electrons. The van der Waals surface area contributed by atoms with E-state index in [0.29, 0.717) is 17.7 Å². The van der Waals surface area contributed by atoms with Crippen LogP contribution in [0.2, 0.25) is 0 Å². The van der Waals surface area contributed by atoms with E-state index < -0.39 is 23.4 Å². The highest BCUT2D eigenvalue weighted by atomic mass is 16.2. The molecule has 0 aliphatic carbocycles. The summed E-state index contributed by atoms with van der Waals surface area (Å²) in [5, 5.41) is 5.66. The van der Waals surface area contributed by atoms with Crippen LogP contribution in [0.15, 0.2) is 54.6 Å². The zero-order chi connectivity index (χ0) is 21.0. The third-order valence-corrected chi connectivity index (χ3v) is 5.65. The summed E-state index contributed by atoms with van der Waals surface area (Å²) in [7, 11) is 0. The fraction of sp³-hybridized carbons (Fsp3) is 0.348. The van der Waals surface area contributed by atoms with Crippen molar-refractivity contribution in [2.24, 2.45) is 0 Å². The summed E-state index contributed by atoms with van der Waals surface area (Å²) in [5.74, 6) is -0.514. The van der Waals surface area contributed by atoms with Crippen LogP contribution in [0, 0.1) is 0 Å². The van der Waals surface area contributed by atoms with E-state index >= 15 is 0 Å². The van der Waals surface area contributed by atoms with Gasteiger partial charge in [-0.05, 0) is 36.0 Å². The summed E-state index contributed by atoms with van der Waals surface area (Å²) in [6.45, 7) is 5.70. The minimum Gasteiger partial charge on any atom is -0.324 e. The lowest BCUT2D eigenvalue weighted by Crippen LogP contribution is -2.44. The first kappa shape index (κ1) is 20.6. The van der Waals surface area contributed by atoms with Crippen LogP contribution in [-0.2, 0) is 15.1 Å². The Morgan fingerprint density at radius 1 is 1.07 bits per heavy atom. The number of nitrogens with zero attached hydrogens (tertiary/aromatic N) is 1. The van der Waals surface area contributed by atoms with Crippen molar-refractivity contribution in [1.29, 1.82) is 0 Å². The minimum absolute atomic E-state index is 0.286. The van der Waals surface area contributed by atoms with Gasteiger partial charge in [-0.25, -0.2) is 4.79 Å². The highest BCUT2D eigenvalue weighted by Crippen LogP contribution is 2.32. The topological polar surface area (TPSA) is 78.5 Å². The van der Waals surface area contributed by atoms with E-state index in [0.717, 1.165) is 16.9 Å². The lowest BCUT2D eigenvalue weighted by atomic mass is 9.87. The molecule has 1 heterocycles. The summed E-state index contributed by atoms with van der Waals surface area (Å²) in [6.07, 6.45) is 1.34. The molecule has 0 saturated carbocycles. The Labute approximate surface area is 171 Å². The molecule has 152 valence electrons. The second-order valence-corrected chi connectivity index (χ2v) is 7.39. The largest absolute Gasteiger partial charge is 0.325 e. The number of carbonyl (C=O) groups is 3. The van der Waals surface area contributed by atoms with E-state index in [4.69, 9.17) is 0 Å². The van der Waals surface area contributed by atoms with Crippen LogP contribution in [0.4, 0.5) is 10.5 Å². The number of nitrogens with one attached hydrogen (secondary N) is 2. The van der Waals surface area contributed by atoms with Gasteiger partial charge >= 0.3 is 6.03 Å². The Bertz CT molecular complexity index is 913. The summed E-state index contributed by atoms with van der Waals surface area (Å²) in [4.78, 5) is 39.4. The van der Waals surface area contributed by atoms with Gasteiger partial charge in [0.25, 0.3) is 5.91 Å². The first-order chi connectivity index (χ1) is 13.9. The summed E-state index contributed by atoms with van der Waals surface area (Å²) in [6, 6.07) is 16.2. The number of imide groups is 1. The molecule has 1 saturated heterocycles. The molecule has 4 amide bonds. The number of hydrogen-bond acceptors (Lipinski definition) is 3. The van der Waals surface area contributed by atoms with Crippen LogP contribution in [-0.4, -0.2) is 29.3 Å². The Balaban J connectivity index is 1.78. The van der Waals surface area contributed by atoms with Gasteiger partial charge in [0.15, 0.2) is 0 Å². The average Bonchev–Trinajstić information content (AvgIpc) is 2.99. The number of rotatable bonds is 7. The third-order valence-electron chi connectivity index (χ3n) is 5.65. The van der Waals surface area contributed by atoms with Gasteiger partial charge < -0.3 is 10.6 Å². The van der Waals surface area contributed by atoms with Crippen LogP contribution < -0.4 is 10.6 Å². The fourth-order valence-corrected chi connectivity index (χ4v) is 3.73. The maximum absolute atomic E-state index is 13.1. The molecule has 6 nitrogen and oxygen atoms in total. The summed E-state index contributed by atoms with van der Waals surface area (Å²) >= 11 is 0. The van der Waals surface area contributed by atoms with Crippen molar-refractivity contribution in [2.45, 2.75) is 45.1 Å². The van der Waals surface area contributed by atoms with Gasteiger partial charge in [-0.2, -0.15) is 0 Å². The SMILES string of the molecule is CCC(C)c1ccccc1NC(=O)CN1C(=O)NC(CC)(c2ccccc2)C1=O. The number of hydrogen-bond donors (Lipinski definition) is 2. The van der Waals surface area contributed by atoms with Crippen molar-refractivity contribution in [1.82, 2.24) is 10.2 Å². The Kier molecular flexibility index (Phi) is 6.01. The number of carbonyl (C=O) groups excluding carboxylic acids is 3. The van der Waals surface area contributed by atoms with Crippen molar-refractivity contribution >= 4 is 23.5 Å². The number of amides is 4. The Hall–Kier alpha value is -3.15. The molecule has 6 heteroatoms. The van der Waals surface area contributed by atoms with Crippen molar-refractivity contribution in [2.75, 3.05) is 11.9 Å². The molecular weight excluding hydrogens is 366 g/mol. The van der Waals surface area contributed by atoms with Gasteiger partial charge in [-0.3, -0.25) is 14.5 Å². The molecule has 1 aliphatic heterocycles. The Morgan fingerprint density at radius 3 is 2.38 bits per heavy atom. The van der Waals surface area contributed by atoms with E-state index in [9.17, 15) is 14.4 Å². The first-order valence-corrected chi connectivity index (χ1v) is 10.0. The third kappa shape index (κ3) is 3.88. The second kappa shape index (κ2) is 8.47. The molecule has 0 aromatic heterocycles. The lowest BCUT2D eigenvalue weighted by molar-refractivity contribution is -0.134. The lowest BCUT2D eigenvalue weighted by Gasteiger charge is -2.25. The van der Waals surface area contributed by atoms with Crippen LogP contribution in [0.3, 0.4) is 0 Å². The standard InChI is InChI=1S/C23H27N3O3/c1-4-16(3)18-13-9-10-14-19(18)24-20(27)15-26-21(28)23(5-2,25-22(26)29)17-11-7-6-8-12-17/h6-14,16H,4-5,15H2,1-3H3,(H,24,27)(H,25,29). The number of para-hydroxylation sites is 1. The highest BCUT2D eigenvalue weighted by molar-refractivity contribution is 6.10. The van der Waals surface area contributed by atoms with Gasteiger partial charge in [0.1, 0.15) is 12.1 Å². The summed E-state index contributed by atoms with van der Waals surface area (Å²) in [5.41, 5.74) is 1.33. The minimum atomic E-state index is -1.13. The zero-order valence-corrected chi connectivity index (χ0v) is 17.1. The monoisotopic (exact) mass is 393 g/mol. The molecular formula is C23H27N3O3. The van der Waals surface area contributed by atoms with Crippen LogP contribution in [0.25, 0.3) is 0 Å². The number of anilines is 1. The predicted octanol–water partition coefficient (Wildman–Crippen LogP) is 4.00. The molecule has 2 N–H and O–H groups in total. The molecule has 2 unspecified atom stereocenters. The quantitative estimate of drug-likeness (QED) is 0.698. The van der Waals surface area contributed by atoms with Crippen molar-refractivity contribution in [3.05, 3.63) is 65.7 Å². The van der Waals surface area contributed by atoms with Crippen molar-refractivity contribution in [3.63, 3.8) is 0 Å². The molecule has 2 atom stereocenters. The van der Waals surface area contributed by atoms with E-state index in [1.807, 2.05) is 61.5 Å². The van der Waals surface area contributed by atoms with Crippen molar-refractivity contribution in [3.8, 4) is 0 Å². The van der Waals surface area contributed by atoms with Gasteiger partial charge in [0, 0.05) is 5.69 Å². The van der Waals surface area contributed by atoms with Crippen LogP contribution in [0.1, 0.15) is 50.7 Å². The van der Waals surface area contributed by atoms with E-state index in [1.165, 1.54) is 0 Å². The van der Waals surface area contributed by atoms with Crippen molar-refractivity contribution < 1.29 is 14.4 Å². The van der Waals surface area contributed by atoms with Crippen LogP contribution in [0.5, 0.6) is 0 Å².